The van der Waals surface area contributed by atoms with Crippen LogP contribution in [0.1, 0.15) is 5.56 Å². The molecule has 1 unspecified atom stereocenters. The number of alkyl carbamates (subject to hydrolysis) is 1. The molecule has 2 aromatic carbocycles. The van der Waals surface area contributed by atoms with Crippen molar-refractivity contribution in [2.75, 3.05) is 18.0 Å². The largest absolute Gasteiger partial charge is 0.445 e. The van der Waals surface area contributed by atoms with E-state index in [1.165, 1.54) is 29.2 Å². The Morgan fingerprint density at radius 1 is 1.20 bits per heavy atom. The van der Waals surface area contributed by atoms with Crippen LogP contribution in [0.25, 0.3) is 0 Å². The van der Waals surface area contributed by atoms with E-state index in [1.807, 2.05) is 30.3 Å². The number of rotatable bonds is 5. The second-order valence-electron chi connectivity index (χ2n) is 5.54. The van der Waals surface area contributed by atoms with Gasteiger partial charge in [-0.1, -0.05) is 30.3 Å². The van der Waals surface area contributed by atoms with E-state index in [1.54, 1.807) is 0 Å². The summed E-state index contributed by atoms with van der Waals surface area (Å²) in [7, 11) is 0. The van der Waals surface area contributed by atoms with Crippen molar-refractivity contribution in [1.29, 1.82) is 0 Å². The zero-order valence-corrected chi connectivity index (χ0v) is 13.4. The molecule has 0 saturated carbocycles. The van der Waals surface area contributed by atoms with Crippen LogP contribution >= 0.6 is 0 Å². The lowest BCUT2D eigenvalue weighted by Gasteiger charge is -2.13. The third kappa shape index (κ3) is 4.47. The van der Waals surface area contributed by atoms with Crippen molar-refractivity contribution in [3.05, 3.63) is 66.0 Å². The number of carbonyl (C=O) groups excluding carboxylic acids is 2. The highest BCUT2D eigenvalue weighted by atomic mass is 19.1. The molecule has 1 aliphatic heterocycles. The average molecular weight is 344 g/mol. The van der Waals surface area contributed by atoms with Crippen LogP contribution in [0, 0.1) is 5.82 Å². The summed E-state index contributed by atoms with van der Waals surface area (Å²) in [5.41, 5.74) is 1.42. The summed E-state index contributed by atoms with van der Waals surface area (Å²) in [5.74, 6) is -0.379. The summed E-state index contributed by atoms with van der Waals surface area (Å²) >= 11 is 0. The summed E-state index contributed by atoms with van der Waals surface area (Å²) in [6.07, 6.45) is -1.61. The Bertz CT molecular complexity index is 737. The fourth-order valence-corrected chi connectivity index (χ4v) is 2.43. The van der Waals surface area contributed by atoms with Crippen LogP contribution in [-0.2, 0) is 16.1 Å². The van der Waals surface area contributed by atoms with E-state index in [2.05, 4.69) is 5.32 Å². The van der Waals surface area contributed by atoms with Gasteiger partial charge >= 0.3 is 12.2 Å². The Morgan fingerprint density at radius 2 is 1.92 bits per heavy atom. The molecule has 0 spiro atoms. The minimum atomic E-state index is -0.583. The number of cyclic esters (lactones) is 1. The number of carbonyl (C=O) groups is 2. The molecule has 0 radical (unpaired) electrons. The predicted molar refractivity (Wildman–Crippen MR) is 88.6 cm³/mol. The molecule has 1 fully saturated rings. The highest BCUT2D eigenvalue weighted by molar-refractivity contribution is 5.89. The van der Waals surface area contributed by atoms with Gasteiger partial charge in [0.2, 0.25) is 0 Å². The molecule has 1 heterocycles. The van der Waals surface area contributed by atoms with E-state index in [9.17, 15) is 14.0 Å². The zero-order valence-electron chi connectivity index (χ0n) is 13.4. The molecule has 1 aliphatic rings. The highest BCUT2D eigenvalue weighted by Crippen LogP contribution is 2.21. The number of hydrogen-bond donors (Lipinski definition) is 1. The molecule has 1 saturated heterocycles. The minimum absolute atomic E-state index is 0.136. The van der Waals surface area contributed by atoms with Crippen molar-refractivity contribution >= 4 is 17.9 Å². The van der Waals surface area contributed by atoms with Gasteiger partial charge in [-0.15, -0.1) is 0 Å². The van der Waals surface area contributed by atoms with Crippen molar-refractivity contribution in [2.24, 2.45) is 0 Å². The van der Waals surface area contributed by atoms with Gasteiger partial charge in [0, 0.05) is 5.69 Å². The first-order valence-electron chi connectivity index (χ1n) is 7.80. The molecule has 0 aliphatic carbocycles. The number of benzene rings is 2. The normalized spacial score (nSPS) is 16.4. The molecule has 0 bridgehead atoms. The van der Waals surface area contributed by atoms with E-state index in [4.69, 9.17) is 9.47 Å². The second-order valence-corrected chi connectivity index (χ2v) is 5.54. The number of halogens is 1. The average Bonchev–Trinajstić information content (AvgIpc) is 3.00. The van der Waals surface area contributed by atoms with Gasteiger partial charge in [0.1, 0.15) is 18.5 Å². The summed E-state index contributed by atoms with van der Waals surface area (Å²) in [4.78, 5) is 25.0. The van der Waals surface area contributed by atoms with Crippen LogP contribution < -0.4 is 10.2 Å². The molecular weight excluding hydrogens is 327 g/mol. The zero-order chi connectivity index (χ0) is 17.6. The maximum absolute atomic E-state index is 13.0. The van der Waals surface area contributed by atoms with E-state index < -0.39 is 18.3 Å². The molecule has 25 heavy (non-hydrogen) atoms. The maximum atomic E-state index is 13.0. The quantitative estimate of drug-likeness (QED) is 0.905. The Morgan fingerprint density at radius 3 is 2.64 bits per heavy atom. The SMILES string of the molecule is O=C(NCC1CN(c2ccc(F)cc2)C(=O)O1)OCc1ccccc1. The van der Waals surface area contributed by atoms with Crippen molar-refractivity contribution in [3.8, 4) is 0 Å². The second kappa shape index (κ2) is 7.65. The fourth-order valence-electron chi connectivity index (χ4n) is 2.43. The number of hydrogen-bond acceptors (Lipinski definition) is 4. The van der Waals surface area contributed by atoms with Crippen LogP contribution in [0.4, 0.5) is 19.7 Å². The Kier molecular flexibility index (Phi) is 5.13. The molecular formula is C18H17FN2O4. The van der Waals surface area contributed by atoms with Crippen molar-refractivity contribution < 1.29 is 23.5 Å². The van der Waals surface area contributed by atoms with Gasteiger partial charge in [0.05, 0.1) is 13.1 Å². The Hall–Kier alpha value is -3.09. The molecule has 1 atom stereocenters. The summed E-state index contributed by atoms with van der Waals surface area (Å²) in [6.45, 7) is 0.569. The van der Waals surface area contributed by atoms with Crippen molar-refractivity contribution in [3.63, 3.8) is 0 Å². The lowest BCUT2D eigenvalue weighted by Crippen LogP contribution is -2.34. The van der Waals surface area contributed by atoms with E-state index in [0.29, 0.717) is 5.69 Å². The smallest absolute Gasteiger partial charge is 0.414 e. The van der Waals surface area contributed by atoms with E-state index >= 15 is 0 Å². The molecule has 2 aromatic rings. The summed E-state index contributed by atoms with van der Waals surface area (Å²) in [6, 6.07) is 14.9. The van der Waals surface area contributed by atoms with E-state index in [-0.39, 0.29) is 25.5 Å². The standard InChI is InChI=1S/C18H17FN2O4/c19-14-6-8-15(9-7-14)21-11-16(25-18(21)23)10-20-17(22)24-12-13-4-2-1-3-5-13/h1-9,16H,10-12H2,(H,20,22). The van der Waals surface area contributed by atoms with Crippen molar-refractivity contribution in [1.82, 2.24) is 5.32 Å². The van der Waals surface area contributed by atoms with Gasteiger partial charge in [0.15, 0.2) is 0 Å². The molecule has 2 amide bonds. The molecule has 130 valence electrons. The number of amides is 2. The first-order chi connectivity index (χ1) is 12.1. The fraction of sp³-hybridized carbons (Fsp3) is 0.222. The van der Waals surface area contributed by atoms with Gasteiger partial charge in [-0.05, 0) is 29.8 Å². The minimum Gasteiger partial charge on any atom is -0.445 e. The van der Waals surface area contributed by atoms with Crippen LogP contribution in [0.3, 0.4) is 0 Å². The van der Waals surface area contributed by atoms with Crippen LogP contribution in [0.2, 0.25) is 0 Å². The van der Waals surface area contributed by atoms with Crippen LogP contribution in [0.15, 0.2) is 54.6 Å². The first-order valence-corrected chi connectivity index (χ1v) is 7.80. The Labute approximate surface area is 144 Å². The molecule has 6 nitrogen and oxygen atoms in total. The first kappa shape index (κ1) is 16.8. The lowest BCUT2D eigenvalue weighted by atomic mass is 10.2. The molecule has 0 aromatic heterocycles. The topological polar surface area (TPSA) is 67.9 Å². The van der Waals surface area contributed by atoms with Gasteiger partial charge in [-0.25, -0.2) is 14.0 Å². The maximum Gasteiger partial charge on any atom is 0.414 e. The van der Waals surface area contributed by atoms with E-state index in [0.717, 1.165) is 5.56 Å². The molecule has 7 heteroatoms. The monoisotopic (exact) mass is 344 g/mol. The number of anilines is 1. The summed E-state index contributed by atoms with van der Waals surface area (Å²) < 4.78 is 23.2. The number of nitrogens with zero attached hydrogens (tertiary/aromatic N) is 1. The van der Waals surface area contributed by atoms with Crippen LogP contribution in [-0.4, -0.2) is 31.4 Å². The number of nitrogens with one attached hydrogen (secondary N) is 1. The highest BCUT2D eigenvalue weighted by Gasteiger charge is 2.32. The van der Waals surface area contributed by atoms with Gasteiger partial charge < -0.3 is 14.8 Å². The van der Waals surface area contributed by atoms with Gasteiger partial charge in [-0.2, -0.15) is 0 Å². The van der Waals surface area contributed by atoms with Gasteiger partial charge in [0.25, 0.3) is 0 Å². The third-order valence-corrected chi connectivity index (χ3v) is 3.70. The Balaban J connectivity index is 1.45. The third-order valence-electron chi connectivity index (χ3n) is 3.70. The summed E-state index contributed by atoms with van der Waals surface area (Å²) in [5, 5.41) is 2.57. The van der Waals surface area contributed by atoms with Gasteiger partial charge in [-0.3, -0.25) is 4.90 Å². The lowest BCUT2D eigenvalue weighted by molar-refractivity contribution is 0.121. The predicted octanol–water partition coefficient (Wildman–Crippen LogP) is 3.08. The van der Waals surface area contributed by atoms with Crippen LogP contribution in [0.5, 0.6) is 0 Å². The molecule has 3 rings (SSSR count). The molecule has 1 N–H and O–H groups in total. The van der Waals surface area contributed by atoms with Crippen molar-refractivity contribution in [2.45, 2.75) is 12.7 Å². The number of ether oxygens (including phenoxy) is 2.